The lowest BCUT2D eigenvalue weighted by molar-refractivity contribution is 0.306. The predicted molar refractivity (Wildman–Crippen MR) is 102 cm³/mol. The highest BCUT2D eigenvalue weighted by Crippen LogP contribution is 2.14. The normalized spacial score (nSPS) is 11.1. The molecule has 1 aromatic heterocycles. The minimum absolute atomic E-state index is 0.496. The van der Waals surface area contributed by atoms with Crippen LogP contribution >= 0.6 is 12.2 Å². The van der Waals surface area contributed by atoms with E-state index in [9.17, 15) is 0 Å². The topological polar surface area (TPSA) is 55.2 Å². The summed E-state index contributed by atoms with van der Waals surface area (Å²) in [5.74, 6) is 1.64. The maximum Gasteiger partial charge on any atom is 0.216 e. The molecule has 0 radical (unpaired) electrons. The third kappa shape index (κ3) is 4.64. The van der Waals surface area contributed by atoms with Crippen molar-refractivity contribution in [1.82, 2.24) is 14.9 Å². The molecule has 0 bridgehead atoms. The number of aromatic amines is 1. The molecule has 0 aliphatic heterocycles. The Morgan fingerprint density at radius 2 is 2.04 bits per heavy atom. The Morgan fingerprint density at radius 1 is 1.20 bits per heavy atom. The van der Waals surface area contributed by atoms with E-state index in [0.717, 1.165) is 35.5 Å². The van der Waals surface area contributed by atoms with Crippen molar-refractivity contribution in [1.29, 1.82) is 0 Å². The van der Waals surface area contributed by atoms with Crippen molar-refractivity contribution in [2.45, 2.75) is 26.4 Å². The molecule has 3 rings (SSSR count). The summed E-state index contributed by atoms with van der Waals surface area (Å²) in [4.78, 5) is 0. The molecular weight excluding hydrogens is 332 g/mol. The van der Waals surface area contributed by atoms with E-state index in [-0.39, 0.29) is 0 Å². The first-order valence-corrected chi connectivity index (χ1v) is 8.64. The Hall–Kier alpha value is -2.73. The van der Waals surface area contributed by atoms with E-state index >= 15 is 0 Å². The highest BCUT2D eigenvalue weighted by Gasteiger charge is 2.03. The quantitative estimate of drug-likeness (QED) is 0.508. The number of hydrogen-bond donors (Lipinski definition) is 1. The molecule has 1 heterocycles. The van der Waals surface area contributed by atoms with Gasteiger partial charge in [-0.05, 0) is 41.9 Å². The van der Waals surface area contributed by atoms with Crippen molar-refractivity contribution in [2.75, 3.05) is 0 Å². The lowest BCUT2D eigenvalue weighted by Gasteiger charge is -2.06. The lowest BCUT2D eigenvalue weighted by Crippen LogP contribution is -1.99. The summed E-state index contributed by atoms with van der Waals surface area (Å²) < 4.78 is 8.01. The molecule has 0 unspecified atom stereocenters. The average molecular weight is 352 g/mol. The molecule has 0 aliphatic rings. The van der Waals surface area contributed by atoms with Gasteiger partial charge in [-0.25, -0.2) is 0 Å². The molecule has 0 saturated carbocycles. The second kappa shape index (κ2) is 8.39. The van der Waals surface area contributed by atoms with Crippen molar-refractivity contribution < 1.29 is 4.74 Å². The van der Waals surface area contributed by atoms with Gasteiger partial charge >= 0.3 is 0 Å². The largest absolute Gasteiger partial charge is 0.489 e. The number of aryl methyl sites for hydroxylation is 1. The second-order valence-corrected chi connectivity index (χ2v) is 5.98. The Bertz CT molecular complexity index is 899. The van der Waals surface area contributed by atoms with Crippen LogP contribution in [0.4, 0.5) is 0 Å². The molecule has 3 aromatic rings. The van der Waals surface area contributed by atoms with Crippen LogP contribution in [0.3, 0.4) is 0 Å². The van der Waals surface area contributed by atoms with Crippen molar-refractivity contribution in [2.24, 2.45) is 5.10 Å². The number of ether oxygens (including phenoxy) is 1. The van der Waals surface area contributed by atoms with Gasteiger partial charge in [0.25, 0.3) is 0 Å². The average Bonchev–Trinajstić information content (AvgIpc) is 2.99. The van der Waals surface area contributed by atoms with Gasteiger partial charge in [-0.3, -0.25) is 5.10 Å². The molecule has 0 fully saturated rings. The number of H-pyrrole nitrogens is 1. The summed E-state index contributed by atoms with van der Waals surface area (Å²) in [5.41, 5.74) is 2.08. The molecule has 5 nitrogen and oxygen atoms in total. The minimum Gasteiger partial charge on any atom is -0.489 e. The van der Waals surface area contributed by atoms with E-state index in [1.807, 2.05) is 54.6 Å². The summed E-state index contributed by atoms with van der Waals surface area (Å²) in [6.07, 6.45) is 3.57. The zero-order valence-electron chi connectivity index (χ0n) is 14.1. The molecule has 0 aliphatic carbocycles. The summed E-state index contributed by atoms with van der Waals surface area (Å²) in [6, 6.07) is 17.9. The predicted octanol–water partition coefficient (Wildman–Crippen LogP) is 4.35. The Morgan fingerprint density at radius 3 is 2.84 bits per heavy atom. The lowest BCUT2D eigenvalue weighted by atomic mass is 10.2. The Kier molecular flexibility index (Phi) is 5.74. The summed E-state index contributed by atoms with van der Waals surface area (Å²) in [7, 11) is 0. The standard InChI is InChI=1S/C19H20N4OS/c1-2-7-18-21-22-19(25)23(18)20-13-16-10-6-11-17(12-16)24-14-15-8-4-3-5-9-15/h3-6,8-13H,2,7,14H2,1H3,(H,22,25)/b20-13+. The van der Waals surface area contributed by atoms with Crippen LogP contribution in [0.25, 0.3) is 0 Å². The Balaban J connectivity index is 1.71. The van der Waals surface area contributed by atoms with Gasteiger partial charge in [0.05, 0.1) is 6.21 Å². The molecule has 0 atom stereocenters. The fraction of sp³-hybridized carbons (Fsp3) is 0.211. The zero-order chi connectivity index (χ0) is 17.5. The molecule has 0 saturated heterocycles. The van der Waals surface area contributed by atoms with Gasteiger partial charge in [0.15, 0.2) is 5.82 Å². The first-order chi connectivity index (χ1) is 12.3. The van der Waals surface area contributed by atoms with E-state index in [2.05, 4.69) is 22.2 Å². The van der Waals surface area contributed by atoms with Crippen molar-refractivity contribution in [3.8, 4) is 5.75 Å². The van der Waals surface area contributed by atoms with Gasteiger partial charge in [-0.15, -0.1) is 0 Å². The van der Waals surface area contributed by atoms with Crippen LogP contribution in [0.15, 0.2) is 59.7 Å². The molecule has 128 valence electrons. The molecule has 1 N–H and O–H groups in total. The zero-order valence-corrected chi connectivity index (χ0v) is 14.9. The van der Waals surface area contributed by atoms with E-state index in [0.29, 0.717) is 11.4 Å². The van der Waals surface area contributed by atoms with Crippen molar-refractivity contribution in [3.05, 3.63) is 76.3 Å². The highest BCUT2D eigenvalue weighted by atomic mass is 32.1. The fourth-order valence-electron chi connectivity index (χ4n) is 2.38. The number of nitrogens with zero attached hydrogens (tertiary/aromatic N) is 3. The van der Waals surface area contributed by atoms with Gasteiger partial charge in [-0.1, -0.05) is 49.4 Å². The van der Waals surface area contributed by atoms with Crippen LogP contribution in [0.5, 0.6) is 5.75 Å². The van der Waals surface area contributed by atoms with E-state index < -0.39 is 0 Å². The van der Waals surface area contributed by atoms with Crippen LogP contribution < -0.4 is 4.74 Å². The minimum atomic E-state index is 0.496. The van der Waals surface area contributed by atoms with Crippen LogP contribution in [-0.4, -0.2) is 21.1 Å². The van der Waals surface area contributed by atoms with Crippen LogP contribution in [0.2, 0.25) is 0 Å². The van der Waals surface area contributed by atoms with E-state index in [1.54, 1.807) is 10.9 Å². The fourth-order valence-corrected chi connectivity index (χ4v) is 2.58. The smallest absolute Gasteiger partial charge is 0.216 e. The van der Waals surface area contributed by atoms with Gasteiger partial charge in [0.1, 0.15) is 12.4 Å². The van der Waals surface area contributed by atoms with Gasteiger partial charge in [0.2, 0.25) is 4.77 Å². The molecule has 25 heavy (non-hydrogen) atoms. The summed E-state index contributed by atoms with van der Waals surface area (Å²) in [5, 5.41) is 11.4. The number of rotatable bonds is 7. The van der Waals surface area contributed by atoms with Crippen LogP contribution in [-0.2, 0) is 13.0 Å². The molecule has 0 amide bonds. The second-order valence-electron chi connectivity index (χ2n) is 5.60. The Labute approximate surface area is 152 Å². The van der Waals surface area contributed by atoms with Gasteiger partial charge in [-0.2, -0.15) is 14.9 Å². The molecule has 6 heteroatoms. The van der Waals surface area contributed by atoms with Gasteiger partial charge in [0, 0.05) is 6.42 Å². The van der Waals surface area contributed by atoms with Crippen LogP contribution in [0, 0.1) is 4.77 Å². The maximum absolute atomic E-state index is 5.85. The van der Waals surface area contributed by atoms with E-state index in [1.165, 1.54) is 0 Å². The third-order valence-corrected chi connectivity index (χ3v) is 3.88. The van der Waals surface area contributed by atoms with Gasteiger partial charge < -0.3 is 4.74 Å². The van der Waals surface area contributed by atoms with Crippen molar-refractivity contribution in [3.63, 3.8) is 0 Å². The SMILES string of the molecule is CCCc1n[nH]c(=S)n1/N=C/c1cccc(OCc2ccccc2)c1. The van der Waals surface area contributed by atoms with E-state index in [4.69, 9.17) is 17.0 Å². The highest BCUT2D eigenvalue weighted by molar-refractivity contribution is 7.71. The third-order valence-electron chi connectivity index (χ3n) is 3.62. The molecular formula is C19H20N4OS. The van der Waals surface area contributed by atoms with Crippen LogP contribution in [0.1, 0.15) is 30.3 Å². The molecule has 2 aromatic carbocycles. The van der Waals surface area contributed by atoms with Crippen molar-refractivity contribution >= 4 is 18.4 Å². The summed E-state index contributed by atoms with van der Waals surface area (Å²) in [6.45, 7) is 2.63. The number of aromatic nitrogens is 3. The first kappa shape index (κ1) is 17.1. The number of benzene rings is 2. The summed E-state index contributed by atoms with van der Waals surface area (Å²) >= 11 is 5.23. The number of nitrogens with one attached hydrogen (secondary N) is 1. The first-order valence-electron chi connectivity index (χ1n) is 8.23. The monoisotopic (exact) mass is 352 g/mol. The molecule has 0 spiro atoms. The maximum atomic E-state index is 5.85. The number of hydrogen-bond acceptors (Lipinski definition) is 4.